The number of rotatable bonds is 13. The zero-order valence-corrected chi connectivity index (χ0v) is 34.4. The molecule has 0 fully saturated rings. The first-order chi connectivity index (χ1) is 24.9. The summed E-state index contributed by atoms with van der Waals surface area (Å²) in [6, 6.07) is 20.3. The number of carbonyl (C=O) groups is 2. The van der Waals surface area contributed by atoms with Gasteiger partial charge in [-0.1, -0.05) is 88.7 Å². The third-order valence-electron chi connectivity index (χ3n) is 9.86. The number of anilines is 1. The van der Waals surface area contributed by atoms with Gasteiger partial charge in [0.2, 0.25) is 0 Å². The van der Waals surface area contributed by atoms with Crippen molar-refractivity contribution < 1.29 is 33.3 Å². The van der Waals surface area contributed by atoms with Crippen molar-refractivity contribution in [3.05, 3.63) is 105 Å². The highest BCUT2D eigenvalue weighted by Crippen LogP contribution is 2.46. The van der Waals surface area contributed by atoms with Crippen LogP contribution in [-0.2, 0) is 25.2 Å². The van der Waals surface area contributed by atoms with Gasteiger partial charge in [-0.25, -0.2) is 9.78 Å². The van der Waals surface area contributed by atoms with Crippen LogP contribution in [0.2, 0.25) is 23.2 Å². The number of carboxylic acid groups (broad SMARTS) is 1. The lowest BCUT2D eigenvalue weighted by Gasteiger charge is -2.40. The van der Waals surface area contributed by atoms with E-state index in [1.54, 1.807) is 43.5 Å². The van der Waals surface area contributed by atoms with Gasteiger partial charge in [-0.15, -0.1) is 11.3 Å². The van der Waals surface area contributed by atoms with Crippen LogP contribution >= 0.6 is 22.9 Å². The number of benzene rings is 3. The number of thiazole rings is 1. The SMILES string of the molecule is COc1cccc([C@H]2O[C@H](Cc3ncc(C(=Cc4ccccc4)C(=O)O)s3)C(=O)N(CC(C)(C)CO[Si](C)(C)C(C)(C)C)c3ccc(Cl)cc32)c1OC. The van der Waals surface area contributed by atoms with E-state index in [1.807, 2.05) is 54.6 Å². The molecule has 9 nitrogen and oxygen atoms in total. The maximum Gasteiger partial charge on any atom is 0.337 e. The van der Waals surface area contributed by atoms with Crippen LogP contribution in [0.1, 0.15) is 67.3 Å². The van der Waals surface area contributed by atoms with Gasteiger partial charge in [-0.05, 0) is 54.0 Å². The van der Waals surface area contributed by atoms with Gasteiger partial charge < -0.3 is 28.6 Å². The van der Waals surface area contributed by atoms with Gasteiger partial charge in [0.15, 0.2) is 19.8 Å². The molecule has 282 valence electrons. The number of nitrogens with zero attached hydrogens (tertiary/aromatic N) is 2. The van der Waals surface area contributed by atoms with Crippen molar-refractivity contribution in [3.63, 3.8) is 0 Å². The highest BCUT2D eigenvalue weighted by atomic mass is 35.5. The molecule has 4 aromatic rings. The Morgan fingerprint density at radius 1 is 1.02 bits per heavy atom. The summed E-state index contributed by atoms with van der Waals surface area (Å²) in [5.74, 6) is -0.339. The predicted octanol–water partition coefficient (Wildman–Crippen LogP) is 9.55. The average Bonchev–Trinajstić information content (AvgIpc) is 3.54. The molecule has 0 saturated heterocycles. The number of carboxylic acids is 1. The minimum Gasteiger partial charge on any atom is -0.493 e. The van der Waals surface area contributed by atoms with Crippen molar-refractivity contribution in [2.24, 2.45) is 5.41 Å². The highest BCUT2D eigenvalue weighted by Gasteiger charge is 2.42. The molecule has 5 rings (SSSR count). The predicted molar refractivity (Wildman–Crippen MR) is 215 cm³/mol. The summed E-state index contributed by atoms with van der Waals surface area (Å²) in [5.41, 5.74) is 2.43. The van der Waals surface area contributed by atoms with Gasteiger partial charge in [0.25, 0.3) is 5.91 Å². The van der Waals surface area contributed by atoms with E-state index in [-0.39, 0.29) is 22.9 Å². The smallest absolute Gasteiger partial charge is 0.337 e. The standard InChI is InChI=1S/C41H49ClN2O7SSi/c1-40(2,3)53(8,9)50-25-41(4,5)24-44-31-19-18-27(42)21-29(31)36(28-16-13-17-32(48-6)37(28)49-7)51-33(38(44)45)22-35-43-23-34(52-35)30(39(46)47)20-26-14-11-10-12-15-26/h10-21,23,33,36H,22,24-25H2,1-9H3,(H,46,47)/t33-,36-/m1/s1. The van der Waals surface area contributed by atoms with Crippen LogP contribution in [-0.4, -0.2) is 63.8 Å². The van der Waals surface area contributed by atoms with Gasteiger partial charge in [-0.3, -0.25) is 4.79 Å². The first-order valence-electron chi connectivity index (χ1n) is 17.5. The number of aliphatic carboxylic acids is 1. The van der Waals surface area contributed by atoms with Crippen LogP contribution in [0.25, 0.3) is 11.6 Å². The molecule has 0 radical (unpaired) electrons. The van der Waals surface area contributed by atoms with Crippen LogP contribution in [0.5, 0.6) is 11.5 Å². The monoisotopic (exact) mass is 776 g/mol. The molecular weight excluding hydrogens is 728 g/mol. The summed E-state index contributed by atoms with van der Waals surface area (Å²) in [5, 5.41) is 11.2. The molecule has 2 heterocycles. The zero-order chi connectivity index (χ0) is 38.7. The van der Waals surface area contributed by atoms with Gasteiger partial charge in [0.1, 0.15) is 12.2 Å². The lowest BCUT2D eigenvalue weighted by molar-refractivity contribution is -0.132. The summed E-state index contributed by atoms with van der Waals surface area (Å²) in [4.78, 5) is 34.2. The fraction of sp³-hybridized carbons (Fsp3) is 0.390. The number of aromatic nitrogens is 1. The van der Waals surface area contributed by atoms with E-state index in [9.17, 15) is 14.7 Å². The van der Waals surface area contributed by atoms with Gasteiger partial charge >= 0.3 is 5.97 Å². The van der Waals surface area contributed by atoms with E-state index in [4.69, 9.17) is 30.2 Å². The minimum atomic E-state index is -2.09. The molecule has 0 bridgehead atoms. The van der Waals surface area contributed by atoms with E-state index in [0.29, 0.717) is 56.4 Å². The maximum absolute atomic E-state index is 14.9. The summed E-state index contributed by atoms with van der Waals surface area (Å²) >= 11 is 7.89. The van der Waals surface area contributed by atoms with Crippen molar-refractivity contribution >= 4 is 60.5 Å². The second-order valence-electron chi connectivity index (χ2n) is 15.5. The molecule has 1 aliphatic heterocycles. The van der Waals surface area contributed by atoms with Crippen molar-refractivity contribution in [3.8, 4) is 11.5 Å². The molecule has 1 aliphatic rings. The van der Waals surface area contributed by atoms with Crippen LogP contribution in [0, 0.1) is 5.41 Å². The lowest BCUT2D eigenvalue weighted by atomic mass is 9.92. The Morgan fingerprint density at radius 2 is 1.74 bits per heavy atom. The topological polar surface area (TPSA) is 107 Å². The van der Waals surface area contributed by atoms with E-state index in [1.165, 1.54) is 11.3 Å². The van der Waals surface area contributed by atoms with Gasteiger partial charge in [0, 0.05) is 53.0 Å². The maximum atomic E-state index is 14.9. The van der Waals surface area contributed by atoms with E-state index >= 15 is 0 Å². The number of halogens is 1. The fourth-order valence-corrected chi connectivity index (χ4v) is 8.26. The summed E-state index contributed by atoms with van der Waals surface area (Å²) in [7, 11) is 1.05. The van der Waals surface area contributed by atoms with Gasteiger partial charge in [-0.2, -0.15) is 0 Å². The molecule has 53 heavy (non-hydrogen) atoms. The molecular formula is C41H49ClN2O7SSi. The second kappa shape index (κ2) is 16.2. The quantitative estimate of drug-likeness (QED) is 0.106. The molecule has 1 aromatic heterocycles. The van der Waals surface area contributed by atoms with Crippen molar-refractivity contribution in [1.82, 2.24) is 4.98 Å². The van der Waals surface area contributed by atoms with Crippen molar-refractivity contribution in [2.75, 3.05) is 32.3 Å². The van der Waals surface area contributed by atoms with Crippen LogP contribution in [0.3, 0.4) is 0 Å². The first kappa shape index (κ1) is 40.2. The Hall–Kier alpha value is -4.00. The van der Waals surface area contributed by atoms with E-state index < -0.39 is 31.9 Å². The molecule has 0 saturated carbocycles. The van der Waals surface area contributed by atoms with Gasteiger partial charge in [0.05, 0.1) is 29.7 Å². The van der Waals surface area contributed by atoms with Crippen molar-refractivity contribution in [1.29, 1.82) is 0 Å². The third-order valence-corrected chi connectivity index (χ3v) is 15.6. The summed E-state index contributed by atoms with van der Waals surface area (Å²) in [6.07, 6.45) is 1.47. The molecule has 0 spiro atoms. The second-order valence-corrected chi connectivity index (χ2v) is 21.9. The number of methoxy groups -OCH3 is 2. The number of hydrogen-bond acceptors (Lipinski definition) is 8. The molecule has 1 amide bonds. The Kier molecular flexibility index (Phi) is 12.3. The van der Waals surface area contributed by atoms with Crippen LogP contribution < -0.4 is 14.4 Å². The summed E-state index contributed by atoms with van der Waals surface area (Å²) < 4.78 is 25.1. The molecule has 1 N–H and O–H groups in total. The Labute approximate surface area is 322 Å². The summed E-state index contributed by atoms with van der Waals surface area (Å²) in [6.45, 7) is 16.1. The number of hydrogen-bond donors (Lipinski definition) is 1. The first-order valence-corrected chi connectivity index (χ1v) is 21.6. The third kappa shape index (κ3) is 9.21. The highest BCUT2D eigenvalue weighted by molar-refractivity contribution is 7.13. The van der Waals surface area contributed by atoms with E-state index in [0.717, 1.165) is 5.56 Å². The largest absolute Gasteiger partial charge is 0.493 e. The minimum absolute atomic E-state index is 0.0240. The number of fused-ring (bicyclic) bond motifs is 1. The number of amides is 1. The number of para-hydroxylation sites is 1. The van der Waals surface area contributed by atoms with E-state index in [2.05, 4.69) is 52.7 Å². The molecule has 0 unspecified atom stereocenters. The molecule has 2 atom stereocenters. The lowest BCUT2D eigenvalue weighted by Crippen LogP contribution is -2.48. The zero-order valence-electron chi connectivity index (χ0n) is 31.9. The van der Waals surface area contributed by atoms with Crippen molar-refractivity contribution in [2.45, 2.75) is 71.4 Å². The molecule has 0 aliphatic carbocycles. The Morgan fingerprint density at radius 3 is 2.38 bits per heavy atom. The number of ether oxygens (including phenoxy) is 3. The number of carbonyl (C=O) groups excluding carboxylic acids is 1. The van der Waals surface area contributed by atoms with Crippen LogP contribution in [0.4, 0.5) is 5.69 Å². The molecule has 12 heteroatoms. The van der Waals surface area contributed by atoms with Crippen LogP contribution in [0.15, 0.2) is 72.9 Å². The molecule has 3 aromatic carbocycles. The Balaban J connectivity index is 1.59. The Bertz CT molecular complexity index is 1970. The average molecular weight is 777 g/mol. The normalized spacial score (nSPS) is 17.0. The fourth-order valence-electron chi connectivity index (χ4n) is 5.94.